The number of ether oxygens (including phenoxy) is 1. The van der Waals surface area contributed by atoms with Crippen molar-refractivity contribution in [2.45, 2.75) is 20.8 Å². The molecule has 0 unspecified atom stereocenters. The molecule has 0 radical (unpaired) electrons. The summed E-state index contributed by atoms with van der Waals surface area (Å²) in [6.45, 7) is 5.98. The van der Waals surface area contributed by atoms with Gasteiger partial charge in [-0.05, 0) is 37.5 Å². The lowest BCUT2D eigenvalue weighted by molar-refractivity contribution is 0.411. The van der Waals surface area contributed by atoms with Gasteiger partial charge in [0.15, 0.2) is 0 Å². The molecule has 4 heteroatoms. The highest BCUT2D eigenvalue weighted by Crippen LogP contribution is 2.41. The first-order chi connectivity index (χ1) is 7.45. The summed E-state index contributed by atoms with van der Waals surface area (Å²) in [5.74, 6) is 0.850. The van der Waals surface area contributed by atoms with Gasteiger partial charge in [-0.25, -0.2) is 0 Å². The number of rotatable bonds is 3. The van der Waals surface area contributed by atoms with Crippen molar-refractivity contribution >= 4 is 28.9 Å². The Hall–Kier alpha value is -0.600. The number of methoxy groups -OCH3 is 1. The van der Waals surface area contributed by atoms with Crippen LogP contribution in [0, 0.1) is 20.8 Å². The molecule has 0 amide bonds. The zero-order valence-electron chi connectivity index (χ0n) is 10.3. The molecule has 0 aliphatic rings. The van der Waals surface area contributed by atoms with E-state index in [-0.39, 0.29) is 0 Å². The van der Waals surface area contributed by atoms with Crippen LogP contribution < -0.4 is 9.64 Å². The van der Waals surface area contributed by atoms with E-state index in [4.69, 9.17) is 27.9 Å². The van der Waals surface area contributed by atoms with Crippen molar-refractivity contribution in [1.82, 2.24) is 0 Å². The third-order valence-corrected chi connectivity index (χ3v) is 3.82. The van der Waals surface area contributed by atoms with Gasteiger partial charge in [0.05, 0.1) is 18.8 Å². The third kappa shape index (κ3) is 2.09. The average Bonchev–Trinajstić information content (AvgIpc) is 2.29. The molecule has 0 aromatic heterocycles. The van der Waals surface area contributed by atoms with E-state index in [0.29, 0.717) is 6.00 Å². The van der Waals surface area contributed by atoms with Crippen LogP contribution in [0.2, 0.25) is 5.02 Å². The Balaban J connectivity index is 3.57. The molecule has 0 spiro atoms. The number of hydrogen-bond donors (Lipinski definition) is 0. The van der Waals surface area contributed by atoms with Crippen molar-refractivity contribution in [1.29, 1.82) is 0 Å². The van der Waals surface area contributed by atoms with Crippen LogP contribution in [0.3, 0.4) is 0 Å². The van der Waals surface area contributed by atoms with Crippen molar-refractivity contribution in [3.05, 3.63) is 21.7 Å². The van der Waals surface area contributed by atoms with Gasteiger partial charge < -0.3 is 9.64 Å². The van der Waals surface area contributed by atoms with Crippen molar-refractivity contribution in [3.63, 3.8) is 0 Å². The number of alkyl halides is 1. The summed E-state index contributed by atoms with van der Waals surface area (Å²) in [6, 6.07) is 0.399. The van der Waals surface area contributed by atoms with Gasteiger partial charge in [-0.1, -0.05) is 11.6 Å². The van der Waals surface area contributed by atoms with Gasteiger partial charge in [0.1, 0.15) is 5.75 Å². The van der Waals surface area contributed by atoms with E-state index >= 15 is 0 Å². The van der Waals surface area contributed by atoms with E-state index in [1.807, 2.05) is 32.7 Å². The Labute approximate surface area is 107 Å². The van der Waals surface area contributed by atoms with Crippen LogP contribution in [0.25, 0.3) is 0 Å². The number of halogens is 2. The van der Waals surface area contributed by atoms with Crippen molar-refractivity contribution in [2.75, 3.05) is 25.1 Å². The predicted octanol–water partition coefficient (Wildman–Crippen LogP) is 3.91. The smallest absolute Gasteiger partial charge is 0.145 e. The molecule has 16 heavy (non-hydrogen) atoms. The summed E-state index contributed by atoms with van der Waals surface area (Å²) in [6.07, 6.45) is 0. The van der Waals surface area contributed by atoms with Crippen LogP contribution in [0.15, 0.2) is 0 Å². The van der Waals surface area contributed by atoms with Gasteiger partial charge in [-0.3, -0.25) is 0 Å². The summed E-state index contributed by atoms with van der Waals surface area (Å²) in [7, 11) is 3.59. The molecule has 0 aliphatic carbocycles. The number of anilines is 1. The normalized spacial score (nSPS) is 10.4. The Bertz CT molecular complexity index is 405. The minimum atomic E-state index is 0.399. The van der Waals surface area contributed by atoms with Crippen molar-refractivity contribution in [2.24, 2.45) is 0 Å². The molecular weight excluding hydrogens is 245 g/mol. The Morgan fingerprint density at radius 3 is 2.12 bits per heavy atom. The Morgan fingerprint density at radius 2 is 1.69 bits per heavy atom. The molecule has 1 aromatic rings. The van der Waals surface area contributed by atoms with E-state index in [0.717, 1.165) is 33.1 Å². The summed E-state index contributed by atoms with van der Waals surface area (Å²) in [4.78, 5) is 1.92. The van der Waals surface area contributed by atoms with E-state index in [1.165, 1.54) is 0 Å². The first kappa shape index (κ1) is 13.5. The van der Waals surface area contributed by atoms with E-state index in [2.05, 4.69) is 0 Å². The number of hydrogen-bond acceptors (Lipinski definition) is 2. The molecule has 90 valence electrons. The topological polar surface area (TPSA) is 12.5 Å². The van der Waals surface area contributed by atoms with Crippen LogP contribution in [0.4, 0.5) is 5.69 Å². The molecule has 0 saturated heterocycles. The molecule has 0 atom stereocenters. The van der Waals surface area contributed by atoms with Crippen LogP contribution in [0.1, 0.15) is 16.7 Å². The number of nitrogens with zero attached hydrogens (tertiary/aromatic N) is 1. The second kappa shape index (κ2) is 5.15. The largest absolute Gasteiger partial charge is 0.494 e. The molecule has 0 bridgehead atoms. The second-order valence-corrected chi connectivity index (χ2v) is 4.51. The summed E-state index contributed by atoms with van der Waals surface area (Å²) >= 11 is 12.2. The first-order valence-corrected chi connectivity index (χ1v) is 5.97. The molecule has 2 nitrogen and oxygen atoms in total. The van der Waals surface area contributed by atoms with Gasteiger partial charge in [0.2, 0.25) is 0 Å². The highest BCUT2D eigenvalue weighted by Gasteiger charge is 2.19. The van der Waals surface area contributed by atoms with E-state index in [9.17, 15) is 0 Å². The fourth-order valence-electron chi connectivity index (χ4n) is 1.84. The summed E-state index contributed by atoms with van der Waals surface area (Å²) < 4.78 is 5.46. The standard InChI is InChI=1S/C12H17Cl2NO/c1-7-8(2)12(16-5)11(15(4)6-13)9(3)10(7)14/h6H2,1-5H3. The first-order valence-electron chi connectivity index (χ1n) is 5.06. The molecule has 1 aromatic carbocycles. The fourth-order valence-corrected chi connectivity index (χ4v) is 2.19. The third-order valence-electron chi connectivity index (χ3n) is 2.90. The van der Waals surface area contributed by atoms with E-state index < -0.39 is 0 Å². The maximum Gasteiger partial charge on any atom is 0.145 e. The maximum atomic E-state index is 6.29. The lowest BCUT2D eigenvalue weighted by Crippen LogP contribution is -2.17. The van der Waals surface area contributed by atoms with Gasteiger partial charge >= 0.3 is 0 Å². The molecular formula is C12H17Cl2NO. The molecule has 0 saturated carbocycles. The number of benzene rings is 1. The lowest BCUT2D eigenvalue weighted by Gasteiger charge is -2.25. The molecule has 0 N–H and O–H groups in total. The van der Waals surface area contributed by atoms with Gasteiger partial charge in [-0.15, -0.1) is 11.6 Å². The summed E-state index contributed by atoms with van der Waals surface area (Å²) in [5, 5.41) is 0.783. The molecule has 1 rings (SSSR count). The second-order valence-electron chi connectivity index (χ2n) is 3.89. The zero-order valence-corrected chi connectivity index (χ0v) is 11.8. The van der Waals surface area contributed by atoms with Crippen LogP contribution in [0.5, 0.6) is 5.75 Å². The van der Waals surface area contributed by atoms with E-state index in [1.54, 1.807) is 7.11 Å². The SMILES string of the molecule is COc1c(C)c(C)c(Cl)c(C)c1N(C)CCl. The van der Waals surface area contributed by atoms with Crippen molar-refractivity contribution in [3.8, 4) is 5.75 Å². The Morgan fingerprint density at radius 1 is 1.12 bits per heavy atom. The highest BCUT2D eigenvalue weighted by molar-refractivity contribution is 6.32. The monoisotopic (exact) mass is 261 g/mol. The predicted molar refractivity (Wildman–Crippen MR) is 71.3 cm³/mol. The van der Waals surface area contributed by atoms with Crippen LogP contribution in [-0.2, 0) is 0 Å². The molecule has 0 fully saturated rings. The minimum Gasteiger partial charge on any atom is -0.494 e. The van der Waals surface area contributed by atoms with Crippen LogP contribution in [-0.4, -0.2) is 20.2 Å². The van der Waals surface area contributed by atoms with Gasteiger partial charge in [0.25, 0.3) is 0 Å². The van der Waals surface area contributed by atoms with Gasteiger partial charge in [-0.2, -0.15) is 0 Å². The summed E-state index contributed by atoms with van der Waals surface area (Å²) in [5.41, 5.74) is 4.09. The van der Waals surface area contributed by atoms with Crippen LogP contribution >= 0.6 is 23.2 Å². The fraction of sp³-hybridized carbons (Fsp3) is 0.500. The lowest BCUT2D eigenvalue weighted by atomic mass is 10.0. The maximum absolute atomic E-state index is 6.29. The highest BCUT2D eigenvalue weighted by atomic mass is 35.5. The molecule has 0 heterocycles. The Kier molecular flexibility index (Phi) is 4.34. The quantitative estimate of drug-likeness (QED) is 0.605. The van der Waals surface area contributed by atoms with Crippen molar-refractivity contribution < 1.29 is 4.74 Å². The average molecular weight is 262 g/mol. The zero-order chi connectivity index (χ0) is 12.5. The molecule has 0 aliphatic heterocycles. The minimum absolute atomic E-state index is 0.399. The van der Waals surface area contributed by atoms with Gasteiger partial charge in [0, 0.05) is 12.1 Å².